The molecule has 0 saturated heterocycles. The van der Waals surface area contributed by atoms with Crippen molar-refractivity contribution in [2.45, 2.75) is 0 Å². The second-order valence-corrected chi connectivity index (χ2v) is 4.04. The molecule has 0 saturated carbocycles. The Morgan fingerprint density at radius 1 is 1.16 bits per heavy atom. The van der Waals surface area contributed by atoms with E-state index >= 15 is 0 Å². The van der Waals surface area contributed by atoms with Crippen LogP contribution in [0.2, 0.25) is 10.0 Å². The number of hydrogen-bond donors (Lipinski definition) is 0. The summed E-state index contributed by atoms with van der Waals surface area (Å²) in [5.74, 6) is -1.79. The van der Waals surface area contributed by atoms with Gasteiger partial charge in [0.1, 0.15) is 5.75 Å². The van der Waals surface area contributed by atoms with Crippen molar-refractivity contribution in [1.82, 2.24) is 0 Å². The maximum absolute atomic E-state index is 11.5. The number of esters is 2. The van der Waals surface area contributed by atoms with Gasteiger partial charge in [-0.2, -0.15) is 0 Å². The minimum absolute atomic E-state index is 0.159. The van der Waals surface area contributed by atoms with Gasteiger partial charge in [0.05, 0.1) is 25.3 Å². The van der Waals surface area contributed by atoms with E-state index in [1.165, 1.54) is 25.3 Å². The smallest absolute Gasteiger partial charge is 0.374 e. The van der Waals surface area contributed by atoms with E-state index in [9.17, 15) is 9.59 Å². The third-order valence-corrected chi connectivity index (χ3v) is 2.48. The molecular formula is C12H10Cl2O5. The molecule has 0 aromatic heterocycles. The maximum atomic E-state index is 11.5. The Morgan fingerprint density at radius 2 is 1.84 bits per heavy atom. The van der Waals surface area contributed by atoms with Gasteiger partial charge in [0.25, 0.3) is 0 Å². The highest BCUT2D eigenvalue weighted by atomic mass is 35.5. The van der Waals surface area contributed by atoms with Gasteiger partial charge in [0.15, 0.2) is 0 Å². The first kappa shape index (κ1) is 15.3. The minimum Gasteiger partial charge on any atom is -0.466 e. The summed E-state index contributed by atoms with van der Waals surface area (Å²) >= 11 is 11.6. The molecule has 1 aromatic carbocycles. The van der Waals surface area contributed by atoms with Gasteiger partial charge in [0, 0.05) is 5.02 Å². The van der Waals surface area contributed by atoms with Crippen molar-refractivity contribution in [2.24, 2.45) is 0 Å². The predicted molar refractivity (Wildman–Crippen MR) is 69.2 cm³/mol. The summed E-state index contributed by atoms with van der Waals surface area (Å²) in [5, 5.41) is 0.598. The van der Waals surface area contributed by atoms with E-state index in [-0.39, 0.29) is 16.5 Å². The molecule has 1 rings (SSSR count). The SMILES string of the molecule is COC(=O)/C=C(/Oc1ccc(Cl)cc1Cl)C(=O)OC. The zero-order valence-corrected chi connectivity index (χ0v) is 11.6. The van der Waals surface area contributed by atoms with Gasteiger partial charge < -0.3 is 14.2 Å². The summed E-state index contributed by atoms with van der Waals surface area (Å²) in [4.78, 5) is 22.6. The van der Waals surface area contributed by atoms with Crippen molar-refractivity contribution in [2.75, 3.05) is 14.2 Å². The van der Waals surface area contributed by atoms with Crippen LogP contribution in [0.5, 0.6) is 5.75 Å². The minimum atomic E-state index is -0.837. The van der Waals surface area contributed by atoms with E-state index in [2.05, 4.69) is 9.47 Å². The zero-order chi connectivity index (χ0) is 14.4. The number of halogens is 2. The first-order chi connectivity index (χ1) is 8.97. The third-order valence-electron chi connectivity index (χ3n) is 1.95. The first-order valence-electron chi connectivity index (χ1n) is 4.98. The van der Waals surface area contributed by atoms with Gasteiger partial charge in [-0.05, 0) is 18.2 Å². The van der Waals surface area contributed by atoms with E-state index in [0.29, 0.717) is 5.02 Å². The molecule has 0 atom stereocenters. The molecular weight excluding hydrogens is 295 g/mol. The van der Waals surface area contributed by atoms with Crippen molar-refractivity contribution in [3.63, 3.8) is 0 Å². The Morgan fingerprint density at radius 3 is 2.37 bits per heavy atom. The molecule has 0 N–H and O–H groups in total. The van der Waals surface area contributed by atoms with Crippen molar-refractivity contribution in [1.29, 1.82) is 0 Å². The molecule has 0 heterocycles. The lowest BCUT2D eigenvalue weighted by Gasteiger charge is -2.09. The average molecular weight is 305 g/mol. The van der Waals surface area contributed by atoms with Gasteiger partial charge in [-0.15, -0.1) is 0 Å². The van der Waals surface area contributed by atoms with Crippen LogP contribution in [0.3, 0.4) is 0 Å². The molecule has 5 nitrogen and oxygen atoms in total. The Balaban J connectivity index is 3.04. The third kappa shape index (κ3) is 4.46. The Kier molecular flexibility index (Phi) is 5.66. The van der Waals surface area contributed by atoms with E-state index in [1.54, 1.807) is 0 Å². The molecule has 19 heavy (non-hydrogen) atoms. The molecule has 0 radical (unpaired) electrons. The van der Waals surface area contributed by atoms with Crippen molar-refractivity contribution in [3.05, 3.63) is 40.1 Å². The highest BCUT2D eigenvalue weighted by molar-refractivity contribution is 6.35. The number of hydrogen-bond acceptors (Lipinski definition) is 5. The Bertz CT molecular complexity index is 525. The average Bonchev–Trinajstić information content (AvgIpc) is 2.39. The fourth-order valence-electron chi connectivity index (χ4n) is 1.07. The van der Waals surface area contributed by atoms with Gasteiger partial charge >= 0.3 is 11.9 Å². The van der Waals surface area contributed by atoms with Crippen LogP contribution in [0.4, 0.5) is 0 Å². The van der Waals surface area contributed by atoms with Gasteiger partial charge in [-0.25, -0.2) is 9.59 Å². The summed E-state index contributed by atoms with van der Waals surface area (Å²) in [6.45, 7) is 0. The summed E-state index contributed by atoms with van der Waals surface area (Å²) in [7, 11) is 2.32. The van der Waals surface area contributed by atoms with Crippen molar-refractivity contribution >= 4 is 35.1 Å². The summed E-state index contributed by atoms with van der Waals surface area (Å²) in [5.41, 5.74) is 0. The summed E-state index contributed by atoms with van der Waals surface area (Å²) in [6, 6.07) is 4.42. The van der Waals surface area contributed by atoms with E-state index in [0.717, 1.165) is 13.2 Å². The molecule has 0 fully saturated rings. The van der Waals surface area contributed by atoms with Crippen LogP contribution < -0.4 is 4.74 Å². The number of ether oxygens (including phenoxy) is 3. The molecule has 0 aliphatic heterocycles. The lowest BCUT2D eigenvalue weighted by molar-refractivity contribution is -0.140. The Labute approximate surface area is 119 Å². The highest BCUT2D eigenvalue weighted by Crippen LogP contribution is 2.29. The monoisotopic (exact) mass is 304 g/mol. The molecule has 0 unspecified atom stereocenters. The molecule has 7 heteroatoms. The normalized spacial score (nSPS) is 10.8. The van der Waals surface area contributed by atoms with Crippen LogP contribution in [0, 0.1) is 0 Å². The fraction of sp³-hybridized carbons (Fsp3) is 0.167. The second kappa shape index (κ2) is 7.01. The lowest BCUT2D eigenvalue weighted by Crippen LogP contribution is -2.13. The van der Waals surface area contributed by atoms with Crippen LogP contribution in [-0.4, -0.2) is 26.2 Å². The molecule has 0 bridgehead atoms. The summed E-state index contributed by atoms with van der Waals surface area (Å²) < 4.78 is 14.1. The molecule has 0 spiro atoms. The standard InChI is InChI=1S/C12H10Cl2O5/c1-17-11(15)6-10(12(16)18-2)19-9-4-3-7(13)5-8(9)14/h3-6H,1-2H3/b10-6+. The molecule has 0 aliphatic carbocycles. The number of methoxy groups -OCH3 is 2. The largest absolute Gasteiger partial charge is 0.466 e. The predicted octanol–water partition coefficient (Wildman–Crippen LogP) is 2.60. The topological polar surface area (TPSA) is 61.8 Å². The van der Waals surface area contributed by atoms with Crippen molar-refractivity contribution in [3.8, 4) is 5.75 Å². The van der Waals surface area contributed by atoms with Gasteiger partial charge in [0.2, 0.25) is 5.76 Å². The molecule has 102 valence electrons. The number of benzene rings is 1. The highest BCUT2D eigenvalue weighted by Gasteiger charge is 2.16. The Hall–Kier alpha value is -1.72. The van der Waals surface area contributed by atoms with E-state index in [4.69, 9.17) is 27.9 Å². The van der Waals surface area contributed by atoms with Crippen LogP contribution in [0.1, 0.15) is 0 Å². The fourth-order valence-corrected chi connectivity index (χ4v) is 1.52. The molecule has 1 aromatic rings. The van der Waals surface area contributed by atoms with Crippen LogP contribution in [0.25, 0.3) is 0 Å². The van der Waals surface area contributed by atoms with Crippen LogP contribution in [0.15, 0.2) is 30.0 Å². The number of carbonyl (C=O) groups is 2. The molecule has 0 aliphatic rings. The van der Waals surface area contributed by atoms with Gasteiger partial charge in [-0.1, -0.05) is 23.2 Å². The van der Waals surface area contributed by atoms with Crippen molar-refractivity contribution < 1.29 is 23.8 Å². The zero-order valence-electron chi connectivity index (χ0n) is 10.1. The lowest BCUT2D eigenvalue weighted by atomic mass is 10.3. The maximum Gasteiger partial charge on any atom is 0.374 e. The van der Waals surface area contributed by atoms with E-state index in [1.807, 2.05) is 0 Å². The number of carbonyl (C=O) groups excluding carboxylic acids is 2. The first-order valence-corrected chi connectivity index (χ1v) is 5.74. The summed E-state index contributed by atoms with van der Waals surface area (Å²) in [6.07, 6.45) is 0.858. The number of rotatable bonds is 4. The molecule has 0 amide bonds. The quantitative estimate of drug-likeness (QED) is 0.486. The van der Waals surface area contributed by atoms with Crippen LogP contribution >= 0.6 is 23.2 Å². The van der Waals surface area contributed by atoms with Gasteiger partial charge in [-0.3, -0.25) is 0 Å². The van der Waals surface area contributed by atoms with Crippen LogP contribution in [-0.2, 0) is 19.1 Å². The van der Waals surface area contributed by atoms with E-state index < -0.39 is 11.9 Å². The second-order valence-electron chi connectivity index (χ2n) is 3.20.